The average molecular weight is 416 g/mol. The predicted molar refractivity (Wildman–Crippen MR) is 93.7 cm³/mol. The fourth-order valence-corrected chi connectivity index (χ4v) is 3.01. The summed E-state index contributed by atoms with van der Waals surface area (Å²) in [6.45, 7) is 0.854. The van der Waals surface area contributed by atoms with Gasteiger partial charge in [0.15, 0.2) is 11.2 Å². The normalized spacial score (nSPS) is 26.1. The van der Waals surface area contributed by atoms with E-state index in [0.29, 0.717) is 0 Å². The van der Waals surface area contributed by atoms with E-state index >= 15 is 0 Å². The lowest BCUT2D eigenvalue weighted by Crippen LogP contribution is -2.56. The molecule has 1 aromatic carbocycles. The molecule has 1 aliphatic rings. The van der Waals surface area contributed by atoms with Crippen molar-refractivity contribution in [3.8, 4) is 0 Å². The first-order chi connectivity index (χ1) is 13.4. The molecule has 3 rings (SSSR count). The van der Waals surface area contributed by atoms with Crippen LogP contribution in [0.5, 0.6) is 0 Å². The van der Waals surface area contributed by atoms with E-state index in [1.807, 2.05) is 0 Å². The summed E-state index contributed by atoms with van der Waals surface area (Å²) in [5, 5.41) is 2.29. The third kappa shape index (κ3) is 3.56. The lowest BCUT2D eigenvalue weighted by atomic mass is 9.77. The van der Waals surface area contributed by atoms with Crippen LogP contribution in [0.2, 0.25) is 0 Å². The third-order valence-corrected chi connectivity index (χ3v) is 4.78. The lowest BCUT2D eigenvalue weighted by molar-refractivity contribution is -0.106. The van der Waals surface area contributed by atoms with Crippen molar-refractivity contribution in [3.63, 3.8) is 0 Å². The van der Waals surface area contributed by atoms with E-state index in [4.69, 9.17) is 10.2 Å². The number of carbonyl (C=O) groups excluding carboxylic acids is 1. The Kier molecular flexibility index (Phi) is 4.88. The Labute approximate surface area is 162 Å². The van der Waals surface area contributed by atoms with E-state index in [2.05, 4.69) is 15.3 Å². The zero-order valence-electron chi connectivity index (χ0n) is 15.4. The molecular formula is C18H17F5N4O2. The van der Waals surface area contributed by atoms with Crippen molar-refractivity contribution in [2.45, 2.75) is 44.1 Å². The Morgan fingerprint density at radius 3 is 2.62 bits per heavy atom. The number of alkyl halides is 4. The van der Waals surface area contributed by atoms with Gasteiger partial charge in [-0.1, -0.05) is 0 Å². The van der Waals surface area contributed by atoms with E-state index in [0.717, 1.165) is 38.3 Å². The first-order valence-corrected chi connectivity index (χ1v) is 8.44. The number of amides is 1. The number of nitrogens with one attached hydrogen (secondary N) is 1. The minimum atomic E-state index is -3.78. The highest BCUT2D eigenvalue weighted by Crippen LogP contribution is 2.50. The highest BCUT2D eigenvalue weighted by molar-refractivity contribution is 6.01. The van der Waals surface area contributed by atoms with E-state index in [1.165, 1.54) is 0 Å². The monoisotopic (exact) mass is 416 g/mol. The highest BCUT2D eigenvalue weighted by atomic mass is 19.3. The Morgan fingerprint density at radius 1 is 1.31 bits per heavy atom. The van der Waals surface area contributed by atoms with Gasteiger partial charge in [-0.3, -0.25) is 9.79 Å². The molecule has 0 fully saturated rings. The predicted octanol–water partition coefficient (Wildman–Crippen LogP) is 3.88. The van der Waals surface area contributed by atoms with Gasteiger partial charge in [-0.25, -0.2) is 26.9 Å². The molecule has 11 heteroatoms. The van der Waals surface area contributed by atoms with Gasteiger partial charge in [-0.15, -0.1) is 0 Å². The molecule has 2 aromatic rings. The van der Waals surface area contributed by atoms with Crippen LogP contribution in [-0.2, 0) is 12.2 Å². The van der Waals surface area contributed by atoms with Gasteiger partial charge in [0.1, 0.15) is 30.3 Å². The van der Waals surface area contributed by atoms with Gasteiger partial charge in [0, 0.05) is 11.3 Å². The van der Waals surface area contributed by atoms with Crippen LogP contribution in [0.4, 0.5) is 27.6 Å². The van der Waals surface area contributed by atoms with Crippen molar-refractivity contribution in [2.24, 2.45) is 10.7 Å². The van der Waals surface area contributed by atoms with Gasteiger partial charge < -0.3 is 15.5 Å². The van der Waals surface area contributed by atoms with Crippen LogP contribution in [0.25, 0.3) is 0 Å². The number of nitrogens with zero attached hydrogens (tertiary/aromatic N) is 2. The number of hydrogen-bond donors (Lipinski definition) is 2. The maximum absolute atomic E-state index is 14.8. The smallest absolute Gasteiger partial charge is 0.311 e. The average Bonchev–Trinajstić information content (AvgIpc) is 3.10. The first-order valence-electron chi connectivity index (χ1n) is 8.44. The number of halogens is 5. The molecule has 0 aliphatic carbocycles. The molecule has 0 bridgehead atoms. The molecule has 0 spiro atoms. The number of carbonyl (C=O) groups is 1. The van der Waals surface area contributed by atoms with Crippen molar-refractivity contribution in [2.75, 3.05) is 5.32 Å². The Morgan fingerprint density at radius 2 is 2.00 bits per heavy atom. The van der Waals surface area contributed by atoms with Gasteiger partial charge >= 0.3 is 5.91 Å². The largest absolute Gasteiger partial charge is 0.441 e. The first kappa shape index (κ1) is 20.7. The number of oxazole rings is 1. The number of nitrogens with two attached hydrogens (primary N) is 1. The summed E-state index contributed by atoms with van der Waals surface area (Å²) in [5.41, 5.74) is -0.322. The molecule has 0 saturated heterocycles. The van der Waals surface area contributed by atoms with Crippen LogP contribution in [0.3, 0.4) is 0 Å². The van der Waals surface area contributed by atoms with Gasteiger partial charge in [0.25, 0.3) is 11.8 Å². The second-order valence-corrected chi connectivity index (χ2v) is 7.07. The second kappa shape index (κ2) is 6.82. The van der Waals surface area contributed by atoms with Gasteiger partial charge in [-0.2, -0.15) is 0 Å². The van der Waals surface area contributed by atoms with E-state index in [1.54, 1.807) is 0 Å². The topological polar surface area (TPSA) is 93.5 Å². The van der Waals surface area contributed by atoms with Gasteiger partial charge in [-0.05, 0) is 32.0 Å². The van der Waals surface area contributed by atoms with E-state index < -0.39 is 59.2 Å². The Hall–Kier alpha value is -2.98. The Bertz CT molecular complexity index is 988. The maximum Gasteiger partial charge on any atom is 0.311 e. The van der Waals surface area contributed by atoms with Crippen LogP contribution >= 0.6 is 0 Å². The van der Waals surface area contributed by atoms with Crippen LogP contribution in [0, 0.1) is 5.82 Å². The molecule has 0 radical (unpaired) electrons. The highest BCUT2D eigenvalue weighted by Gasteiger charge is 2.60. The molecule has 29 heavy (non-hydrogen) atoms. The van der Waals surface area contributed by atoms with Crippen LogP contribution in [0.1, 0.15) is 42.2 Å². The third-order valence-electron chi connectivity index (χ3n) is 4.78. The molecule has 6 nitrogen and oxygen atoms in total. The minimum Gasteiger partial charge on any atom is -0.441 e. The molecule has 0 unspecified atom stereocenters. The fourth-order valence-electron chi connectivity index (χ4n) is 3.01. The summed E-state index contributed by atoms with van der Waals surface area (Å²) in [6.07, 6.45) is -0.343. The van der Waals surface area contributed by atoms with Crippen molar-refractivity contribution in [1.82, 2.24) is 4.98 Å². The molecule has 2 heterocycles. The Balaban J connectivity index is 1.99. The SMILES string of the molecule is C[C@@]1(F)CC(F)(F)[C@@](C)(c2cc(NC(=O)c3nc(CF)co3)ccc2F)N=C1N. The number of benzene rings is 1. The molecule has 3 N–H and O–H groups in total. The number of amidine groups is 1. The summed E-state index contributed by atoms with van der Waals surface area (Å²) in [4.78, 5) is 19.3. The number of aromatic nitrogens is 1. The van der Waals surface area contributed by atoms with Crippen molar-refractivity contribution in [1.29, 1.82) is 0 Å². The molecule has 156 valence electrons. The molecule has 2 atom stereocenters. The number of hydrogen-bond acceptors (Lipinski definition) is 5. The lowest BCUT2D eigenvalue weighted by Gasteiger charge is -2.42. The van der Waals surface area contributed by atoms with Crippen LogP contribution in [-0.4, -0.2) is 28.3 Å². The second-order valence-electron chi connectivity index (χ2n) is 7.07. The number of rotatable bonds is 4. The quantitative estimate of drug-likeness (QED) is 0.740. The maximum atomic E-state index is 14.8. The standard InChI is InChI=1S/C18H17F5N4O2/c1-16(21)8-18(22,23)17(2,27-15(16)24)11-5-9(3-4-12(11)20)25-13(28)14-26-10(6-19)7-29-14/h3-5,7H,6,8H2,1-2H3,(H2,24,27)(H,25,28)/t16-,17-/m1/s1. The molecule has 1 amide bonds. The van der Waals surface area contributed by atoms with Crippen LogP contribution in [0.15, 0.2) is 33.9 Å². The minimum absolute atomic E-state index is 0.0780. The zero-order chi connectivity index (χ0) is 21.6. The van der Waals surface area contributed by atoms with E-state index in [9.17, 15) is 26.7 Å². The summed E-state index contributed by atoms with van der Waals surface area (Å²) < 4.78 is 75.6. The summed E-state index contributed by atoms with van der Waals surface area (Å²) >= 11 is 0. The van der Waals surface area contributed by atoms with Gasteiger partial charge in [0.2, 0.25) is 0 Å². The molecule has 1 aromatic heterocycles. The van der Waals surface area contributed by atoms with Crippen molar-refractivity contribution < 1.29 is 31.2 Å². The van der Waals surface area contributed by atoms with Crippen molar-refractivity contribution >= 4 is 17.4 Å². The van der Waals surface area contributed by atoms with Gasteiger partial charge in [0.05, 0.1) is 6.42 Å². The molecule has 1 aliphatic heterocycles. The van der Waals surface area contributed by atoms with E-state index in [-0.39, 0.29) is 11.4 Å². The summed E-state index contributed by atoms with van der Waals surface area (Å²) in [6, 6.07) is 2.91. The molecule has 0 saturated carbocycles. The van der Waals surface area contributed by atoms with Crippen LogP contribution < -0.4 is 11.1 Å². The fraction of sp³-hybridized carbons (Fsp3) is 0.389. The number of anilines is 1. The summed E-state index contributed by atoms with van der Waals surface area (Å²) in [7, 11) is 0. The summed E-state index contributed by atoms with van der Waals surface area (Å²) in [5.74, 6) is -6.87. The molecular weight excluding hydrogens is 399 g/mol. The zero-order valence-corrected chi connectivity index (χ0v) is 15.4. The number of aliphatic imine (C=N–C) groups is 1. The van der Waals surface area contributed by atoms with Crippen molar-refractivity contribution in [3.05, 3.63) is 47.4 Å².